The maximum absolute atomic E-state index is 6.35. The molecule has 0 saturated heterocycles. The van der Waals surface area contributed by atoms with Gasteiger partial charge in [-0.25, -0.2) is 0 Å². The van der Waals surface area contributed by atoms with Gasteiger partial charge in [0.15, 0.2) is 0 Å². The van der Waals surface area contributed by atoms with E-state index in [1.54, 1.807) is 0 Å². The molecule has 0 aliphatic heterocycles. The van der Waals surface area contributed by atoms with E-state index in [-0.39, 0.29) is 0 Å². The van der Waals surface area contributed by atoms with Crippen molar-refractivity contribution in [3.8, 4) is 0 Å². The van der Waals surface area contributed by atoms with Gasteiger partial charge in [-0.15, -0.1) is 0 Å². The van der Waals surface area contributed by atoms with E-state index in [1.165, 1.54) is 29.4 Å². The van der Waals surface area contributed by atoms with Crippen LogP contribution in [0.1, 0.15) is 38.4 Å². The topological polar surface area (TPSA) is 17.0 Å². The number of aromatic nitrogens is 1. The van der Waals surface area contributed by atoms with Crippen molar-refractivity contribution in [2.24, 2.45) is 0 Å². The van der Waals surface area contributed by atoms with Crippen molar-refractivity contribution in [3.05, 3.63) is 35.0 Å². The van der Waals surface area contributed by atoms with Crippen LogP contribution in [-0.4, -0.2) is 10.6 Å². The van der Waals surface area contributed by atoms with E-state index in [1.807, 2.05) is 12.1 Å². The Labute approximate surface area is 113 Å². The molecule has 2 nitrogen and oxygen atoms in total. The molecule has 96 valence electrons. The Bertz CT molecular complexity index is 567. The van der Waals surface area contributed by atoms with Crippen LogP contribution in [0.3, 0.4) is 0 Å². The summed E-state index contributed by atoms with van der Waals surface area (Å²) in [6.07, 6.45) is 2.64. The minimum Gasteiger partial charge on any atom is -0.340 e. The van der Waals surface area contributed by atoms with Gasteiger partial charge in [0.05, 0.1) is 10.5 Å². The lowest BCUT2D eigenvalue weighted by Gasteiger charge is -2.15. The lowest BCUT2D eigenvalue weighted by molar-refractivity contribution is 0.565. The number of rotatable bonds is 4. The summed E-state index contributed by atoms with van der Waals surface area (Å²) in [7, 11) is 0. The fraction of sp³-hybridized carbons (Fsp3) is 0.467. The second-order valence-electron chi connectivity index (χ2n) is 5.43. The quantitative estimate of drug-likeness (QED) is 0.877. The minimum absolute atomic E-state index is 0.429. The Kier molecular flexibility index (Phi) is 3.08. The molecule has 0 spiro atoms. The standard InChI is InChI=1S/C15H19ClN2/c1-10(2)18-13(9-17-12-6-7-12)8-11-4-3-5-14(16)15(11)18/h3-5,8,10,12,17H,6-7,9H2,1-2H3. The third-order valence-corrected chi connectivity index (χ3v) is 3.86. The molecule has 2 aromatic rings. The SMILES string of the molecule is CC(C)n1c(CNC2CC2)cc2cccc(Cl)c21. The van der Waals surface area contributed by atoms with E-state index < -0.39 is 0 Å². The Morgan fingerprint density at radius 3 is 2.83 bits per heavy atom. The normalized spacial score (nSPS) is 15.8. The zero-order chi connectivity index (χ0) is 12.7. The highest BCUT2D eigenvalue weighted by Crippen LogP contribution is 2.30. The summed E-state index contributed by atoms with van der Waals surface area (Å²) in [5.74, 6) is 0. The highest BCUT2D eigenvalue weighted by molar-refractivity contribution is 6.35. The lowest BCUT2D eigenvalue weighted by atomic mass is 10.2. The largest absolute Gasteiger partial charge is 0.340 e. The molecule has 1 saturated carbocycles. The molecule has 18 heavy (non-hydrogen) atoms. The maximum atomic E-state index is 6.35. The van der Waals surface area contributed by atoms with Crippen LogP contribution in [0.4, 0.5) is 0 Å². The third-order valence-electron chi connectivity index (χ3n) is 3.56. The first-order chi connectivity index (χ1) is 8.66. The van der Waals surface area contributed by atoms with E-state index in [0.717, 1.165) is 17.6 Å². The van der Waals surface area contributed by atoms with Crippen molar-refractivity contribution in [1.29, 1.82) is 0 Å². The van der Waals surface area contributed by atoms with E-state index in [2.05, 4.69) is 35.9 Å². The fourth-order valence-corrected chi connectivity index (χ4v) is 2.83. The fourth-order valence-electron chi connectivity index (χ4n) is 2.56. The van der Waals surface area contributed by atoms with Crippen LogP contribution in [0.15, 0.2) is 24.3 Å². The first-order valence-corrected chi connectivity index (χ1v) is 7.06. The predicted octanol–water partition coefficient (Wildman–Crippen LogP) is 4.13. The summed E-state index contributed by atoms with van der Waals surface area (Å²) in [6, 6.07) is 9.56. The van der Waals surface area contributed by atoms with Crippen molar-refractivity contribution < 1.29 is 0 Å². The molecular formula is C15H19ClN2. The molecule has 3 heteroatoms. The van der Waals surface area contributed by atoms with Crippen molar-refractivity contribution in [3.63, 3.8) is 0 Å². The van der Waals surface area contributed by atoms with Crippen LogP contribution in [0.25, 0.3) is 10.9 Å². The van der Waals surface area contributed by atoms with Gasteiger partial charge in [0, 0.05) is 29.7 Å². The summed E-state index contributed by atoms with van der Waals surface area (Å²) >= 11 is 6.35. The van der Waals surface area contributed by atoms with Gasteiger partial charge in [0.2, 0.25) is 0 Å². The van der Waals surface area contributed by atoms with E-state index in [4.69, 9.17) is 11.6 Å². The average molecular weight is 263 g/mol. The second kappa shape index (κ2) is 4.60. The monoisotopic (exact) mass is 262 g/mol. The second-order valence-corrected chi connectivity index (χ2v) is 5.84. The van der Waals surface area contributed by atoms with Crippen LogP contribution in [0.5, 0.6) is 0 Å². The van der Waals surface area contributed by atoms with Gasteiger partial charge in [0.1, 0.15) is 0 Å². The number of hydrogen-bond acceptors (Lipinski definition) is 1. The number of halogens is 1. The van der Waals surface area contributed by atoms with Gasteiger partial charge in [0.25, 0.3) is 0 Å². The summed E-state index contributed by atoms with van der Waals surface area (Å²) in [6.45, 7) is 5.36. The zero-order valence-corrected chi connectivity index (χ0v) is 11.7. The number of hydrogen-bond donors (Lipinski definition) is 1. The molecule has 0 amide bonds. The van der Waals surface area contributed by atoms with Crippen molar-refractivity contribution in [2.45, 2.75) is 45.3 Å². The molecule has 1 aromatic heterocycles. The van der Waals surface area contributed by atoms with Gasteiger partial charge in [-0.1, -0.05) is 23.7 Å². The summed E-state index contributed by atoms with van der Waals surface area (Å²) < 4.78 is 2.35. The Balaban J connectivity index is 2.05. The van der Waals surface area contributed by atoms with E-state index >= 15 is 0 Å². The zero-order valence-electron chi connectivity index (χ0n) is 10.9. The van der Waals surface area contributed by atoms with Crippen molar-refractivity contribution in [2.75, 3.05) is 0 Å². The van der Waals surface area contributed by atoms with Crippen LogP contribution in [0.2, 0.25) is 5.02 Å². The number of fused-ring (bicyclic) bond motifs is 1. The molecule has 0 unspecified atom stereocenters. The summed E-state index contributed by atoms with van der Waals surface area (Å²) in [5.41, 5.74) is 2.50. The molecule has 0 radical (unpaired) electrons. The number of para-hydroxylation sites is 1. The van der Waals surface area contributed by atoms with Crippen LogP contribution < -0.4 is 5.32 Å². The summed E-state index contributed by atoms with van der Waals surface area (Å²) in [5, 5.41) is 5.67. The Morgan fingerprint density at radius 2 is 2.17 bits per heavy atom. The Hall–Kier alpha value is -0.990. The van der Waals surface area contributed by atoms with Crippen LogP contribution >= 0.6 is 11.6 Å². The number of nitrogens with zero attached hydrogens (tertiary/aromatic N) is 1. The Morgan fingerprint density at radius 1 is 1.39 bits per heavy atom. The van der Waals surface area contributed by atoms with Gasteiger partial charge in [-0.05, 0) is 38.8 Å². The molecule has 1 fully saturated rings. The molecule has 3 rings (SSSR count). The molecule has 0 bridgehead atoms. The lowest BCUT2D eigenvalue weighted by Crippen LogP contribution is -2.18. The molecule has 0 atom stereocenters. The van der Waals surface area contributed by atoms with Gasteiger partial charge in [-0.2, -0.15) is 0 Å². The highest BCUT2D eigenvalue weighted by atomic mass is 35.5. The first kappa shape index (κ1) is 12.1. The number of benzene rings is 1. The third kappa shape index (κ3) is 2.15. The highest BCUT2D eigenvalue weighted by Gasteiger charge is 2.21. The molecule has 1 aliphatic carbocycles. The van der Waals surface area contributed by atoms with Gasteiger partial charge >= 0.3 is 0 Å². The maximum Gasteiger partial charge on any atom is 0.0674 e. The van der Waals surface area contributed by atoms with Crippen LogP contribution in [-0.2, 0) is 6.54 Å². The van der Waals surface area contributed by atoms with Crippen molar-refractivity contribution >= 4 is 22.5 Å². The number of nitrogens with one attached hydrogen (secondary N) is 1. The van der Waals surface area contributed by atoms with Crippen LogP contribution in [0, 0.1) is 0 Å². The molecule has 1 aromatic carbocycles. The molecular weight excluding hydrogens is 244 g/mol. The predicted molar refractivity (Wildman–Crippen MR) is 77.2 cm³/mol. The molecule has 1 heterocycles. The summed E-state index contributed by atoms with van der Waals surface area (Å²) in [4.78, 5) is 0. The average Bonchev–Trinajstić information content (AvgIpc) is 3.06. The van der Waals surface area contributed by atoms with Gasteiger partial charge in [-0.3, -0.25) is 0 Å². The van der Waals surface area contributed by atoms with E-state index in [0.29, 0.717) is 6.04 Å². The molecule has 1 aliphatic rings. The van der Waals surface area contributed by atoms with Crippen molar-refractivity contribution in [1.82, 2.24) is 9.88 Å². The van der Waals surface area contributed by atoms with Gasteiger partial charge < -0.3 is 9.88 Å². The molecule has 1 N–H and O–H groups in total. The minimum atomic E-state index is 0.429. The van der Waals surface area contributed by atoms with E-state index in [9.17, 15) is 0 Å². The smallest absolute Gasteiger partial charge is 0.0674 e. The first-order valence-electron chi connectivity index (χ1n) is 6.68.